The van der Waals surface area contributed by atoms with Gasteiger partial charge in [0.05, 0.1) is 29.9 Å². The number of carbonyl (C=O) groups excluding carboxylic acids is 1. The monoisotopic (exact) mass is 243 g/mol. The fourth-order valence-electron chi connectivity index (χ4n) is 1.35. The van der Waals surface area contributed by atoms with E-state index < -0.39 is 23.1 Å². The maximum atomic E-state index is 12.6. The number of alkyl halides is 3. The van der Waals surface area contributed by atoms with Gasteiger partial charge in [0, 0.05) is 0 Å². The van der Waals surface area contributed by atoms with Gasteiger partial charge in [-0.1, -0.05) is 0 Å². The van der Waals surface area contributed by atoms with Crippen LogP contribution in [0.4, 0.5) is 13.2 Å². The Morgan fingerprint density at radius 3 is 2.35 bits per heavy atom. The third-order valence-electron chi connectivity index (χ3n) is 2.14. The number of benzene rings is 1. The first kappa shape index (κ1) is 13.0. The Labute approximate surface area is 95.4 Å². The van der Waals surface area contributed by atoms with Crippen LogP contribution in [0.2, 0.25) is 0 Å². The molecule has 1 aromatic rings. The predicted molar refractivity (Wildman–Crippen MR) is 52.7 cm³/mol. The van der Waals surface area contributed by atoms with Crippen molar-refractivity contribution in [2.24, 2.45) is 0 Å². The second-order valence-electron chi connectivity index (χ2n) is 3.26. The molecule has 0 atom stereocenters. The normalized spacial score (nSPS) is 10.8. The lowest BCUT2D eigenvalue weighted by molar-refractivity contribution is -0.137. The van der Waals surface area contributed by atoms with E-state index in [9.17, 15) is 18.0 Å². The van der Waals surface area contributed by atoms with Crippen LogP contribution in [0.1, 0.15) is 28.4 Å². The highest BCUT2D eigenvalue weighted by atomic mass is 19.4. The van der Waals surface area contributed by atoms with E-state index in [2.05, 4.69) is 0 Å². The minimum Gasteiger partial charge on any atom is -0.496 e. The molecule has 0 saturated carbocycles. The second-order valence-corrected chi connectivity index (χ2v) is 3.26. The first-order chi connectivity index (χ1) is 7.81. The summed E-state index contributed by atoms with van der Waals surface area (Å²) in [5.74, 6) is -0.657. The van der Waals surface area contributed by atoms with Crippen molar-refractivity contribution < 1.29 is 22.7 Å². The summed E-state index contributed by atoms with van der Waals surface area (Å²) in [5, 5.41) is 8.65. The second kappa shape index (κ2) is 4.45. The van der Waals surface area contributed by atoms with Gasteiger partial charge in [-0.05, 0) is 19.1 Å². The zero-order valence-electron chi connectivity index (χ0n) is 9.05. The Morgan fingerprint density at radius 1 is 1.41 bits per heavy atom. The summed E-state index contributed by atoms with van der Waals surface area (Å²) in [7, 11) is 1.16. The fraction of sp³-hybridized carbons (Fsp3) is 0.273. The number of halogens is 3. The maximum Gasteiger partial charge on any atom is 0.417 e. The van der Waals surface area contributed by atoms with E-state index >= 15 is 0 Å². The smallest absolute Gasteiger partial charge is 0.417 e. The van der Waals surface area contributed by atoms with E-state index in [-0.39, 0.29) is 11.3 Å². The number of ether oxygens (including phenoxy) is 1. The molecule has 0 aliphatic rings. The molecule has 0 amide bonds. The number of nitrogens with zero attached hydrogens (tertiary/aromatic N) is 1. The molecule has 0 fully saturated rings. The van der Waals surface area contributed by atoms with Crippen molar-refractivity contribution in [3.8, 4) is 11.8 Å². The molecule has 6 heteroatoms. The number of hydrogen-bond acceptors (Lipinski definition) is 3. The Balaban J connectivity index is 3.56. The highest BCUT2D eigenvalue weighted by Crippen LogP contribution is 2.35. The van der Waals surface area contributed by atoms with Gasteiger partial charge in [-0.15, -0.1) is 0 Å². The molecule has 0 aromatic heterocycles. The third kappa shape index (κ3) is 2.56. The van der Waals surface area contributed by atoms with Gasteiger partial charge >= 0.3 is 6.18 Å². The van der Waals surface area contributed by atoms with Gasteiger partial charge in [-0.3, -0.25) is 4.79 Å². The van der Waals surface area contributed by atoms with Crippen LogP contribution < -0.4 is 4.74 Å². The zero-order valence-corrected chi connectivity index (χ0v) is 9.05. The van der Waals surface area contributed by atoms with Crippen molar-refractivity contribution in [3.63, 3.8) is 0 Å². The molecule has 0 N–H and O–H groups in total. The molecular formula is C11H8F3NO2. The van der Waals surface area contributed by atoms with Crippen molar-refractivity contribution in [2.75, 3.05) is 7.11 Å². The first-order valence-electron chi connectivity index (χ1n) is 4.51. The van der Waals surface area contributed by atoms with Crippen LogP contribution in [-0.4, -0.2) is 12.9 Å². The molecule has 1 rings (SSSR count). The standard InChI is InChI=1S/C11H8F3NO2/c1-6(16)8-3-7(5-15)9(11(12,13)14)4-10(8)17-2/h3-4H,1-2H3. The summed E-state index contributed by atoms with van der Waals surface area (Å²) in [6, 6.07) is 2.98. The van der Waals surface area contributed by atoms with Crippen molar-refractivity contribution >= 4 is 5.78 Å². The van der Waals surface area contributed by atoms with E-state index in [1.807, 2.05) is 0 Å². The van der Waals surface area contributed by atoms with Crippen molar-refractivity contribution in [3.05, 3.63) is 28.8 Å². The average Bonchev–Trinajstić information content (AvgIpc) is 2.25. The topological polar surface area (TPSA) is 50.1 Å². The van der Waals surface area contributed by atoms with Gasteiger partial charge in [0.1, 0.15) is 5.75 Å². The number of methoxy groups -OCH3 is 1. The third-order valence-corrected chi connectivity index (χ3v) is 2.14. The molecule has 3 nitrogen and oxygen atoms in total. The molecule has 90 valence electrons. The lowest BCUT2D eigenvalue weighted by Crippen LogP contribution is -2.10. The summed E-state index contributed by atoms with van der Waals surface area (Å²) in [5.41, 5.74) is -1.75. The number of rotatable bonds is 2. The number of hydrogen-bond donors (Lipinski definition) is 0. The van der Waals surface area contributed by atoms with Crippen molar-refractivity contribution in [2.45, 2.75) is 13.1 Å². The van der Waals surface area contributed by atoms with E-state index in [1.54, 1.807) is 0 Å². The van der Waals surface area contributed by atoms with Gasteiger partial charge in [-0.2, -0.15) is 18.4 Å². The van der Waals surface area contributed by atoms with E-state index in [4.69, 9.17) is 10.00 Å². The molecule has 0 aliphatic heterocycles. The highest BCUT2D eigenvalue weighted by Gasteiger charge is 2.35. The fourth-order valence-corrected chi connectivity index (χ4v) is 1.35. The summed E-state index contributed by atoms with van der Waals surface area (Å²) in [4.78, 5) is 11.2. The lowest BCUT2D eigenvalue weighted by atomic mass is 10.0. The van der Waals surface area contributed by atoms with Crippen LogP contribution in [0, 0.1) is 11.3 Å². The quantitative estimate of drug-likeness (QED) is 0.750. The van der Waals surface area contributed by atoms with E-state index in [0.29, 0.717) is 6.07 Å². The first-order valence-corrected chi connectivity index (χ1v) is 4.51. The number of carbonyl (C=O) groups is 1. The lowest BCUT2D eigenvalue weighted by Gasteiger charge is -2.12. The van der Waals surface area contributed by atoms with Crippen LogP contribution in [0.3, 0.4) is 0 Å². The Bertz CT molecular complexity index is 501. The van der Waals surface area contributed by atoms with Crippen LogP contribution in [0.5, 0.6) is 5.75 Å². The maximum absolute atomic E-state index is 12.6. The van der Waals surface area contributed by atoms with Crippen LogP contribution >= 0.6 is 0 Å². The van der Waals surface area contributed by atoms with Gasteiger partial charge in [0.15, 0.2) is 5.78 Å². The molecule has 0 unspecified atom stereocenters. The molecular weight excluding hydrogens is 235 g/mol. The SMILES string of the molecule is COc1cc(C(F)(F)F)c(C#N)cc1C(C)=O. The van der Waals surface area contributed by atoms with Gasteiger partial charge in [0.25, 0.3) is 0 Å². The molecule has 0 saturated heterocycles. The van der Waals surface area contributed by atoms with Crippen LogP contribution in [0.15, 0.2) is 12.1 Å². The van der Waals surface area contributed by atoms with Gasteiger partial charge in [-0.25, -0.2) is 0 Å². The van der Waals surface area contributed by atoms with E-state index in [0.717, 1.165) is 13.2 Å². The largest absolute Gasteiger partial charge is 0.496 e. The van der Waals surface area contributed by atoms with Crippen LogP contribution in [-0.2, 0) is 6.18 Å². The van der Waals surface area contributed by atoms with Gasteiger partial charge in [0.2, 0.25) is 0 Å². The zero-order chi connectivity index (χ0) is 13.2. The molecule has 0 aliphatic carbocycles. The molecule has 0 radical (unpaired) electrons. The summed E-state index contributed by atoms with van der Waals surface area (Å²) >= 11 is 0. The number of ketones is 1. The summed E-state index contributed by atoms with van der Waals surface area (Å²) < 4.78 is 42.5. The highest BCUT2D eigenvalue weighted by molar-refractivity contribution is 5.97. The van der Waals surface area contributed by atoms with Crippen molar-refractivity contribution in [1.82, 2.24) is 0 Å². The summed E-state index contributed by atoms with van der Waals surface area (Å²) in [6.45, 7) is 1.19. The minimum absolute atomic E-state index is 0.0444. The predicted octanol–water partition coefficient (Wildman–Crippen LogP) is 2.79. The average molecular weight is 243 g/mol. The van der Waals surface area contributed by atoms with E-state index in [1.165, 1.54) is 13.0 Å². The molecule has 0 heterocycles. The Kier molecular flexibility index (Phi) is 3.42. The molecule has 1 aromatic carbocycles. The molecule has 0 bridgehead atoms. The molecule has 17 heavy (non-hydrogen) atoms. The number of nitriles is 1. The van der Waals surface area contributed by atoms with Gasteiger partial charge < -0.3 is 4.74 Å². The number of Topliss-reactive ketones (excluding diaryl/α,β-unsaturated/α-hetero) is 1. The Hall–Kier alpha value is -2.03. The Morgan fingerprint density at radius 2 is 2.00 bits per heavy atom. The van der Waals surface area contributed by atoms with Crippen LogP contribution in [0.25, 0.3) is 0 Å². The summed E-state index contributed by atoms with van der Waals surface area (Å²) in [6.07, 6.45) is -4.66. The minimum atomic E-state index is -4.66. The molecule has 0 spiro atoms. The van der Waals surface area contributed by atoms with Crippen molar-refractivity contribution in [1.29, 1.82) is 5.26 Å².